The first-order valence-corrected chi connectivity index (χ1v) is 11.8. The summed E-state index contributed by atoms with van der Waals surface area (Å²) in [5.41, 5.74) is 2.81. The van der Waals surface area contributed by atoms with E-state index in [9.17, 15) is 8.42 Å². The van der Waals surface area contributed by atoms with Gasteiger partial charge in [0.1, 0.15) is 18.1 Å². The topological polar surface area (TPSA) is 108 Å². The minimum absolute atomic E-state index is 0.0892. The fourth-order valence-corrected chi connectivity index (χ4v) is 5.20. The molecule has 0 radical (unpaired) electrons. The van der Waals surface area contributed by atoms with Crippen molar-refractivity contribution in [3.05, 3.63) is 72.1 Å². The van der Waals surface area contributed by atoms with Gasteiger partial charge in [0.05, 0.1) is 22.8 Å². The lowest BCUT2D eigenvalue weighted by molar-refractivity contribution is 0.171. The molecule has 0 amide bonds. The molecule has 4 aromatic rings. The lowest BCUT2D eigenvalue weighted by Gasteiger charge is -2.19. The van der Waals surface area contributed by atoms with Gasteiger partial charge in [-0.3, -0.25) is 4.72 Å². The van der Waals surface area contributed by atoms with E-state index in [1.54, 1.807) is 38.1 Å². The number of hydrogen-bond acceptors (Lipinski definition) is 7. The van der Waals surface area contributed by atoms with Gasteiger partial charge in [0.2, 0.25) is 0 Å². The van der Waals surface area contributed by atoms with Gasteiger partial charge in [-0.25, -0.2) is 13.1 Å². The Balaban J connectivity index is 1.45. The molecule has 0 unspecified atom stereocenters. The molecule has 1 aliphatic rings. The van der Waals surface area contributed by atoms with Gasteiger partial charge < -0.3 is 9.47 Å². The van der Waals surface area contributed by atoms with Crippen LogP contribution in [0.3, 0.4) is 0 Å². The number of fused-ring (bicyclic) bond motifs is 1. The van der Waals surface area contributed by atoms with Crippen LogP contribution in [0.4, 0.5) is 5.69 Å². The van der Waals surface area contributed by atoms with Crippen molar-refractivity contribution in [3.8, 4) is 28.6 Å². The second-order valence-electron chi connectivity index (χ2n) is 7.52. The van der Waals surface area contributed by atoms with Gasteiger partial charge in [0.25, 0.3) is 10.0 Å². The number of ether oxygens (including phenoxy) is 2. The van der Waals surface area contributed by atoms with Crippen LogP contribution in [0.25, 0.3) is 17.1 Å². The van der Waals surface area contributed by atoms with Crippen molar-refractivity contribution in [2.75, 3.05) is 17.9 Å². The molecule has 33 heavy (non-hydrogen) atoms. The van der Waals surface area contributed by atoms with Gasteiger partial charge in [-0.05, 0) is 38.1 Å². The lowest BCUT2D eigenvalue weighted by atomic mass is 10.1. The maximum Gasteiger partial charge on any atom is 0.265 e. The fraction of sp³-hybridized carbons (Fsp3) is 0.174. The molecule has 9 nitrogen and oxygen atoms in total. The summed E-state index contributed by atoms with van der Waals surface area (Å²) < 4.78 is 41.6. The van der Waals surface area contributed by atoms with Crippen molar-refractivity contribution in [1.82, 2.24) is 20.0 Å². The van der Waals surface area contributed by atoms with Crippen LogP contribution in [0.5, 0.6) is 11.5 Å². The highest BCUT2D eigenvalue weighted by Gasteiger charge is 2.26. The van der Waals surface area contributed by atoms with Crippen molar-refractivity contribution in [1.29, 1.82) is 0 Å². The predicted molar refractivity (Wildman–Crippen MR) is 122 cm³/mol. The van der Waals surface area contributed by atoms with Gasteiger partial charge in [-0.1, -0.05) is 30.3 Å². The molecular formula is C23H21N5O4S. The van der Waals surface area contributed by atoms with E-state index in [1.807, 2.05) is 36.4 Å². The fourth-order valence-electron chi connectivity index (χ4n) is 3.75. The third-order valence-electron chi connectivity index (χ3n) is 5.23. The summed E-state index contributed by atoms with van der Waals surface area (Å²) in [6, 6.07) is 18.2. The van der Waals surface area contributed by atoms with Crippen LogP contribution in [-0.4, -0.2) is 41.6 Å². The third-order valence-corrected chi connectivity index (χ3v) is 6.86. The third kappa shape index (κ3) is 4.00. The van der Waals surface area contributed by atoms with Crippen LogP contribution >= 0.6 is 0 Å². The molecule has 0 bridgehead atoms. The molecule has 0 spiro atoms. The highest BCUT2D eigenvalue weighted by molar-refractivity contribution is 7.92. The number of benzene rings is 2. The molecule has 0 atom stereocenters. The summed E-state index contributed by atoms with van der Waals surface area (Å²) in [4.78, 5) is 0.0892. The molecule has 1 aliphatic heterocycles. The number of nitrogens with zero attached hydrogens (tertiary/aromatic N) is 4. The summed E-state index contributed by atoms with van der Waals surface area (Å²) in [5, 5.41) is 12.9. The number of anilines is 1. The molecular weight excluding hydrogens is 442 g/mol. The van der Waals surface area contributed by atoms with E-state index in [0.29, 0.717) is 53.3 Å². The van der Waals surface area contributed by atoms with Crippen LogP contribution < -0.4 is 14.2 Å². The Morgan fingerprint density at radius 2 is 1.67 bits per heavy atom. The zero-order valence-corrected chi connectivity index (χ0v) is 18.8. The van der Waals surface area contributed by atoms with Crippen molar-refractivity contribution in [3.63, 3.8) is 0 Å². The minimum Gasteiger partial charge on any atom is -0.486 e. The molecule has 0 fully saturated rings. The maximum atomic E-state index is 13.2. The average molecular weight is 464 g/mol. The Bertz CT molecular complexity index is 1420. The molecule has 3 heterocycles. The normalized spacial score (nSPS) is 13.0. The predicted octanol–water partition coefficient (Wildman–Crippen LogP) is 3.52. The Morgan fingerprint density at radius 3 is 2.39 bits per heavy atom. The van der Waals surface area contributed by atoms with E-state index in [0.717, 1.165) is 5.56 Å². The van der Waals surface area contributed by atoms with Gasteiger partial charge in [-0.15, -0.1) is 10.2 Å². The SMILES string of the molecule is Cc1nn(-c2ccc(-c3ccccc3)nn2)c(C)c1S(=O)(=O)Nc1ccc2c(c1)OCCO2. The first-order chi connectivity index (χ1) is 15.9. The summed E-state index contributed by atoms with van der Waals surface area (Å²) in [6.45, 7) is 4.21. The van der Waals surface area contributed by atoms with Crippen LogP contribution in [0.2, 0.25) is 0 Å². The van der Waals surface area contributed by atoms with Crippen LogP contribution in [0, 0.1) is 13.8 Å². The second kappa shape index (κ2) is 8.21. The van der Waals surface area contributed by atoms with Crippen LogP contribution in [0.15, 0.2) is 65.6 Å². The van der Waals surface area contributed by atoms with E-state index in [4.69, 9.17) is 9.47 Å². The van der Waals surface area contributed by atoms with E-state index in [1.165, 1.54) is 4.68 Å². The molecule has 168 valence electrons. The molecule has 5 rings (SSSR count). The Morgan fingerprint density at radius 1 is 0.909 bits per heavy atom. The highest BCUT2D eigenvalue weighted by Crippen LogP contribution is 2.34. The van der Waals surface area contributed by atoms with E-state index < -0.39 is 10.0 Å². The van der Waals surface area contributed by atoms with Crippen molar-refractivity contribution < 1.29 is 17.9 Å². The summed E-state index contributed by atoms with van der Waals surface area (Å²) in [7, 11) is -3.92. The molecule has 0 saturated carbocycles. The minimum atomic E-state index is -3.92. The average Bonchev–Trinajstić information content (AvgIpc) is 3.14. The quantitative estimate of drug-likeness (QED) is 0.482. The summed E-state index contributed by atoms with van der Waals surface area (Å²) in [6.07, 6.45) is 0. The Labute approximate surface area is 191 Å². The standard InChI is InChI=1S/C23H21N5O4S/c1-15-23(33(29,30)27-18-8-10-20-21(14-18)32-13-12-31-20)16(2)28(26-15)22-11-9-19(24-25-22)17-6-4-3-5-7-17/h3-11,14,27H,12-13H2,1-2H3. The monoisotopic (exact) mass is 463 g/mol. The zero-order chi connectivity index (χ0) is 23.0. The van der Waals surface area contributed by atoms with Crippen molar-refractivity contribution in [2.45, 2.75) is 18.7 Å². The zero-order valence-electron chi connectivity index (χ0n) is 18.0. The second-order valence-corrected chi connectivity index (χ2v) is 9.14. The number of nitrogens with one attached hydrogen (secondary N) is 1. The number of sulfonamides is 1. The maximum absolute atomic E-state index is 13.2. The van der Waals surface area contributed by atoms with Crippen molar-refractivity contribution in [2.24, 2.45) is 0 Å². The van der Waals surface area contributed by atoms with Crippen LogP contribution in [0.1, 0.15) is 11.4 Å². The largest absolute Gasteiger partial charge is 0.486 e. The van der Waals surface area contributed by atoms with Gasteiger partial charge >= 0.3 is 0 Å². The van der Waals surface area contributed by atoms with Gasteiger partial charge in [0, 0.05) is 11.6 Å². The molecule has 10 heteroatoms. The van der Waals surface area contributed by atoms with E-state index >= 15 is 0 Å². The molecule has 2 aromatic carbocycles. The number of aromatic nitrogens is 4. The number of hydrogen-bond donors (Lipinski definition) is 1. The molecule has 0 saturated heterocycles. The summed E-state index contributed by atoms with van der Waals surface area (Å²) >= 11 is 0. The van der Waals surface area contributed by atoms with Crippen molar-refractivity contribution >= 4 is 15.7 Å². The Kier molecular flexibility index (Phi) is 5.21. The Hall–Kier alpha value is -3.92. The van der Waals surface area contributed by atoms with Crippen LogP contribution in [-0.2, 0) is 10.0 Å². The number of aryl methyl sites for hydroxylation is 1. The van der Waals surface area contributed by atoms with Gasteiger partial charge in [-0.2, -0.15) is 5.10 Å². The molecule has 1 N–H and O–H groups in total. The van der Waals surface area contributed by atoms with Gasteiger partial charge in [0.15, 0.2) is 17.3 Å². The summed E-state index contributed by atoms with van der Waals surface area (Å²) in [5.74, 6) is 1.51. The first kappa shape index (κ1) is 21.0. The lowest BCUT2D eigenvalue weighted by Crippen LogP contribution is -2.17. The smallest absolute Gasteiger partial charge is 0.265 e. The highest BCUT2D eigenvalue weighted by atomic mass is 32.2. The number of rotatable bonds is 5. The van der Waals surface area contributed by atoms with E-state index in [2.05, 4.69) is 20.0 Å². The molecule has 0 aliphatic carbocycles. The van der Waals surface area contributed by atoms with E-state index in [-0.39, 0.29) is 4.90 Å². The molecule has 2 aromatic heterocycles. The first-order valence-electron chi connectivity index (χ1n) is 10.3.